The topological polar surface area (TPSA) is 65.1 Å². The first-order chi connectivity index (χ1) is 11.0. The van der Waals surface area contributed by atoms with Crippen molar-refractivity contribution in [1.82, 2.24) is 4.90 Å². The Morgan fingerprint density at radius 2 is 1.52 bits per heavy atom. The minimum absolute atomic E-state index is 0.217. The standard InChI is InChI=1S/C17H25NO5/c1-6-22-17(23-7-2)14-10-8-13(9-11-14)15(16(20)21-5)18(4)12(3)19/h8-11,15,17H,6-7H2,1-5H3. The van der Waals surface area contributed by atoms with Crippen LogP contribution < -0.4 is 0 Å². The second-order valence-corrected chi connectivity index (χ2v) is 4.96. The van der Waals surface area contributed by atoms with Crippen LogP contribution in [0, 0.1) is 0 Å². The van der Waals surface area contributed by atoms with Gasteiger partial charge in [-0.05, 0) is 19.4 Å². The summed E-state index contributed by atoms with van der Waals surface area (Å²) in [5.41, 5.74) is 1.52. The first-order valence-corrected chi connectivity index (χ1v) is 7.60. The van der Waals surface area contributed by atoms with Crippen molar-refractivity contribution in [3.8, 4) is 0 Å². The molecule has 0 N–H and O–H groups in total. The molecule has 0 aromatic heterocycles. The molecule has 128 valence electrons. The lowest BCUT2D eigenvalue weighted by molar-refractivity contribution is -0.151. The van der Waals surface area contributed by atoms with E-state index in [0.29, 0.717) is 18.8 Å². The van der Waals surface area contributed by atoms with Crippen molar-refractivity contribution in [2.45, 2.75) is 33.1 Å². The van der Waals surface area contributed by atoms with Crippen LogP contribution in [0.25, 0.3) is 0 Å². The van der Waals surface area contributed by atoms with Gasteiger partial charge in [-0.3, -0.25) is 4.79 Å². The number of methoxy groups -OCH3 is 1. The number of rotatable bonds is 8. The van der Waals surface area contributed by atoms with E-state index in [1.54, 1.807) is 19.2 Å². The normalized spacial score (nSPS) is 12.1. The molecule has 1 atom stereocenters. The van der Waals surface area contributed by atoms with E-state index in [0.717, 1.165) is 5.56 Å². The van der Waals surface area contributed by atoms with Gasteiger partial charge in [0.1, 0.15) is 0 Å². The summed E-state index contributed by atoms with van der Waals surface area (Å²) < 4.78 is 15.9. The van der Waals surface area contributed by atoms with Crippen LogP contribution in [0.4, 0.5) is 0 Å². The van der Waals surface area contributed by atoms with Gasteiger partial charge in [-0.25, -0.2) is 4.79 Å². The molecule has 0 aliphatic rings. The number of ether oxygens (including phenoxy) is 3. The van der Waals surface area contributed by atoms with Crippen molar-refractivity contribution in [2.75, 3.05) is 27.4 Å². The van der Waals surface area contributed by atoms with Crippen LogP contribution in [0.15, 0.2) is 24.3 Å². The molecule has 0 saturated carbocycles. The second-order valence-electron chi connectivity index (χ2n) is 4.96. The van der Waals surface area contributed by atoms with Crippen molar-refractivity contribution in [3.05, 3.63) is 35.4 Å². The third-order valence-electron chi connectivity index (χ3n) is 3.47. The molecule has 0 aliphatic carbocycles. The Bertz CT molecular complexity index is 508. The number of likely N-dealkylation sites (N-methyl/N-ethyl adjacent to an activating group) is 1. The van der Waals surface area contributed by atoms with E-state index >= 15 is 0 Å². The van der Waals surface area contributed by atoms with Gasteiger partial charge in [-0.15, -0.1) is 0 Å². The van der Waals surface area contributed by atoms with Crippen LogP contribution in [0.2, 0.25) is 0 Å². The van der Waals surface area contributed by atoms with Gasteiger partial charge >= 0.3 is 5.97 Å². The fourth-order valence-electron chi connectivity index (χ4n) is 2.19. The fraction of sp³-hybridized carbons (Fsp3) is 0.529. The molecule has 1 aromatic carbocycles. The number of amides is 1. The van der Waals surface area contributed by atoms with Gasteiger partial charge in [0.25, 0.3) is 0 Å². The molecule has 0 aliphatic heterocycles. The molecule has 1 aromatic rings. The molecule has 1 unspecified atom stereocenters. The van der Waals surface area contributed by atoms with Crippen LogP contribution >= 0.6 is 0 Å². The molecule has 0 saturated heterocycles. The largest absolute Gasteiger partial charge is 0.467 e. The predicted molar refractivity (Wildman–Crippen MR) is 85.6 cm³/mol. The molecule has 23 heavy (non-hydrogen) atoms. The van der Waals surface area contributed by atoms with Gasteiger partial charge in [-0.1, -0.05) is 24.3 Å². The Balaban J connectivity index is 3.07. The highest BCUT2D eigenvalue weighted by atomic mass is 16.7. The van der Waals surface area contributed by atoms with Crippen LogP contribution in [0.1, 0.15) is 44.2 Å². The van der Waals surface area contributed by atoms with E-state index in [-0.39, 0.29) is 5.91 Å². The monoisotopic (exact) mass is 323 g/mol. The summed E-state index contributed by atoms with van der Waals surface area (Å²) in [5, 5.41) is 0. The van der Waals surface area contributed by atoms with Crippen LogP contribution in [-0.4, -0.2) is 44.1 Å². The molecular weight excluding hydrogens is 298 g/mol. The van der Waals surface area contributed by atoms with E-state index in [1.807, 2.05) is 26.0 Å². The lowest BCUT2D eigenvalue weighted by Gasteiger charge is -2.25. The number of esters is 1. The van der Waals surface area contributed by atoms with Crippen LogP contribution in [0.3, 0.4) is 0 Å². The third kappa shape index (κ3) is 5.04. The van der Waals surface area contributed by atoms with Crippen molar-refractivity contribution in [2.24, 2.45) is 0 Å². The summed E-state index contributed by atoms with van der Waals surface area (Å²) in [6, 6.07) is 6.44. The Kier molecular flexibility index (Phi) is 7.71. The Morgan fingerprint density at radius 3 is 1.91 bits per heavy atom. The molecule has 0 spiro atoms. The highest BCUT2D eigenvalue weighted by Crippen LogP contribution is 2.25. The quantitative estimate of drug-likeness (QED) is 0.543. The van der Waals surface area contributed by atoms with Gasteiger partial charge in [0.15, 0.2) is 12.3 Å². The van der Waals surface area contributed by atoms with E-state index in [4.69, 9.17) is 14.2 Å². The SMILES string of the molecule is CCOC(OCC)c1ccc(C(C(=O)OC)N(C)C(C)=O)cc1. The second kappa shape index (κ2) is 9.27. The van der Waals surface area contributed by atoms with Gasteiger partial charge in [0, 0.05) is 32.7 Å². The Hall–Kier alpha value is -1.92. The number of hydrogen-bond donors (Lipinski definition) is 0. The van der Waals surface area contributed by atoms with E-state index in [1.165, 1.54) is 18.9 Å². The highest BCUT2D eigenvalue weighted by molar-refractivity contribution is 5.84. The highest BCUT2D eigenvalue weighted by Gasteiger charge is 2.28. The molecule has 0 radical (unpaired) electrons. The smallest absolute Gasteiger partial charge is 0.333 e. The molecule has 0 heterocycles. The minimum atomic E-state index is -0.774. The Labute approximate surface area is 137 Å². The third-order valence-corrected chi connectivity index (χ3v) is 3.47. The number of carbonyl (C=O) groups excluding carboxylic acids is 2. The summed E-state index contributed by atoms with van der Waals surface area (Å²) >= 11 is 0. The van der Waals surface area contributed by atoms with E-state index in [9.17, 15) is 9.59 Å². The molecule has 0 fully saturated rings. The zero-order valence-electron chi connectivity index (χ0n) is 14.4. The number of hydrogen-bond acceptors (Lipinski definition) is 5. The summed E-state index contributed by atoms with van der Waals surface area (Å²) in [4.78, 5) is 25.0. The average molecular weight is 323 g/mol. The van der Waals surface area contributed by atoms with Crippen molar-refractivity contribution in [1.29, 1.82) is 0 Å². The first-order valence-electron chi connectivity index (χ1n) is 7.60. The number of benzene rings is 1. The van der Waals surface area contributed by atoms with E-state index in [2.05, 4.69) is 0 Å². The molecular formula is C17H25NO5. The zero-order chi connectivity index (χ0) is 17.4. The summed E-state index contributed by atoms with van der Waals surface area (Å²) in [5.74, 6) is -0.701. The lowest BCUT2D eigenvalue weighted by atomic mass is 10.0. The van der Waals surface area contributed by atoms with Gasteiger partial charge in [-0.2, -0.15) is 0 Å². The minimum Gasteiger partial charge on any atom is -0.467 e. The average Bonchev–Trinajstić information content (AvgIpc) is 2.55. The summed E-state index contributed by atoms with van der Waals surface area (Å²) in [6.07, 6.45) is -0.443. The molecule has 6 nitrogen and oxygen atoms in total. The summed E-state index contributed by atoms with van der Waals surface area (Å²) in [6.45, 7) is 6.27. The molecule has 1 rings (SSSR count). The first kappa shape index (κ1) is 19.1. The maximum Gasteiger partial charge on any atom is 0.333 e. The van der Waals surface area contributed by atoms with E-state index < -0.39 is 18.3 Å². The van der Waals surface area contributed by atoms with Crippen LogP contribution in [-0.2, 0) is 23.8 Å². The van der Waals surface area contributed by atoms with Crippen molar-refractivity contribution >= 4 is 11.9 Å². The fourth-order valence-corrected chi connectivity index (χ4v) is 2.19. The Morgan fingerprint density at radius 1 is 1.04 bits per heavy atom. The number of nitrogens with zero attached hydrogens (tertiary/aromatic N) is 1. The van der Waals surface area contributed by atoms with Crippen molar-refractivity contribution < 1.29 is 23.8 Å². The summed E-state index contributed by atoms with van der Waals surface area (Å²) in [7, 11) is 2.87. The molecule has 6 heteroatoms. The molecule has 1 amide bonds. The zero-order valence-corrected chi connectivity index (χ0v) is 14.4. The number of carbonyl (C=O) groups is 2. The van der Waals surface area contributed by atoms with Crippen molar-refractivity contribution in [3.63, 3.8) is 0 Å². The van der Waals surface area contributed by atoms with Crippen LogP contribution in [0.5, 0.6) is 0 Å². The van der Waals surface area contributed by atoms with Gasteiger partial charge in [0.05, 0.1) is 7.11 Å². The van der Waals surface area contributed by atoms with Gasteiger partial charge < -0.3 is 19.1 Å². The predicted octanol–water partition coefficient (Wildman–Crippen LogP) is 2.45. The van der Waals surface area contributed by atoms with Gasteiger partial charge in [0.2, 0.25) is 5.91 Å². The maximum atomic E-state index is 12.0. The maximum absolute atomic E-state index is 12.0. The molecule has 0 bridgehead atoms. The lowest BCUT2D eigenvalue weighted by Crippen LogP contribution is -2.35.